The standard InChI is InChI=1S/C23H27BrCl2FN5O2/c1-21(2,3)23(7-8-28)12-31(9-10-32(23)20(33)34-22(4,5)6)18-13-11-14(25)15(24)16(27)17(13)29-19(26)30-18/h11H,7,9-10,12H2,1-6H3/t23-/m1/s1. The summed E-state index contributed by atoms with van der Waals surface area (Å²) in [7, 11) is 0. The Bertz CT molecular complexity index is 1180. The van der Waals surface area contributed by atoms with Crippen molar-refractivity contribution >= 4 is 61.9 Å². The second kappa shape index (κ2) is 9.29. The van der Waals surface area contributed by atoms with Gasteiger partial charge in [0, 0.05) is 25.0 Å². The predicted molar refractivity (Wildman–Crippen MR) is 135 cm³/mol. The van der Waals surface area contributed by atoms with E-state index in [1.54, 1.807) is 31.7 Å². The molecule has 1 saturated heterocycles. The van der Waals surface area contributed by atoms with E-state index in [4.69, 9.17) is 27.9 Å². The Labute approximate surface area is 217 Å². The molecular weight excluding hydrogens is 548 g/mol. The van der Waals surface area contributed by atoms with Gasteiger partial charge in [-0.05, 0) is 59.8 Å². The maximum atomic E-state index is 15.0. The highest BCUT2D eigenvalue weighted by atomic mass is 79.9. The molecule has 34 heavy (non-hydrogen) atoms. The molecule has 1 atom stereocenters. The number of carbonyl (C=O) groups is 1. The quantitative estimate of drug-likeness (QED) is 0.297. The summed E-state index contributed by atoms with van der Waals surface area (Å²) in [6, 6.07) is 3.84. The van der Waals surface area contributed by atoms with Gasteiger partial charge in [0.1, 0.15) is 16.9 Å². The highest BCUT2D eigenvalue weighted by Crippen LogP contribution is 2.44. The van der Waals surface area contributed by atoms with E-state index in [-0.39, 0.29) is 39.8 Å². The molecule has 0 spiro atoms. The van der Waals surface area contributed by atoms with E-state index in [2.05, 4.69) is 32.0 Å². The van der Waals surface area contributed by atoms with Crippen molar-refractivity contribution < 1.29 is 13.9 Å². The van der Waals surface area contributed by atoms with Crippen molar-refractivity contribution in [3.63, 3.8) is 0 Å². The van der Waals surface area contributed by atoms with Crippen LogP contribution in [0.15, 0.2) is 10.5 Å². The lowest BCUT2D eigenvalue weighted by Gasteiger charge is -2.56. The Hall–Kier alpha value is -1.89. The minimum absolute atomic E-state index is 0.0301. The Kier molecular flexibility index (Phi) is 7.30. The molecule has 1 aliphatic rings. The van der Waals surface area contributed by atoms with Crippen molar-refractivity contribution in [2.45, 2.75) is 59.1 Å². The Morgan fingerprint density at radius 2 is 1.91 bits per heavy atom. The van der Waals surface area contributed by atoms with Gasteiger partial charge >= 0.3 is 6.09 Å². The molecule has 0 aliphatic carbocycles. The first-order valence-corrected chi connectivity index (χ1v) is 12.3. The smallest absolute Gasteiger partial charge is 0.410 e. The first-order chi connectivity index (χ1) is 15.6. The highest BCUT2D eigenvalue weighted by molar-refractivity contribution is 9.10. The molecule has 1 fully saturated rings. The van der Waals surface area contributed by atoms with Crippen molar-refractivity contribution in [3.8, 4) is 6.07 Å². The van der Waals surface area contributed by atoms with Crippen LogP contribution in [-0.4, -0.2) is 51.7 Å². The van der Waals surface area contributed by atoms with Crippen LogP contribution >= 0.6 is 39.1 Å². The minimum Gasteiger partial charge on any atom is -0.444 e. The summed E-state index contributed by atoms with van der Waals surface area (Å²) in [5.74, 6) is -0.252. The number of hydrogen-bond donors (Lipinski definition) is 0. The van der Waals surface area contributed by atoms with Gasteiger partial charge < -0.3 is 9.64 Å². The van der Waals surface area contributed by atoms with E-state index >= 15 is 0 Å². The maximum Gasteiger partial charge on any atom is 0.410 e. The van der Waals surface area contributed by atoms with Crippen molar-refractivity contribution in [2.24, 2.45) is 5.41 Å². The van der Waals surface area contributed by atoms with Gasteiger partial charge in [0.25, 0.3) is 0 Å². The number of aromatic nitrogens is 2. The Morgan fingerprint density at radius 3 is 2.47 bits per heavy atom. The summed E-state index contributed by atoms with van der Waals surface area (Å²) in [6.45, 7) is 12.2. The van der Waals surface area contributed by atoms with Crippen LogP contribution in [0, 0.1) is 22.6 Å². The molecule has 2 heterocycles. The predicted octanol–water partition coefficient (Wildman–Crippen LogP) is 6.59. The van der Waals surface area contributed by atoms with E-state index < -0.39 is 28.5 Å². The van der Waals surface area contributed by atoms with Gasteiger partial charge in [-0.2, -0.15) is 10.2 Å². The maximum absolute atomic E-state index is 15.0. The molecule has 0 saturated carbocycles. The third-order valence-corrected chi connectivity index (χ3v) is 7.49. The number of benzene rings is 1. The third kappa shape index (κ3) is 4.91. The van der Waals surface area contributed by atoms with Gasteiger partial charge in [-0.25, -0.2) is 14.2 Å². The first-order valence-electron chi connectivity index (χ1n) is 10.7. The Morgan fingerprint density at radius 1 is 1.26 bits per heavy atom. The highest BCUT2D eigenvalue weighted by Gasteiger charge is 2.53. The number of halogens is 4. The van der Waals surface area contributed by atoms with Crippen molar-refractivity contribution in [1.29, 1.82) is 5.26 Å². The summed E-state index contributed by atoms with van der Waals surface area (Å²) >= 11 is 15.6. The van der Waals surface area contributed by atoms with Crippen molar-refractivity contribution in [1.82, 2.24) is 14.9 Å². The molecule has 1 aliphatic heterocycles. The summed E-state index contributed by atoms with van der Waals surface area (Å²) in [5.41, 5.74) is -2.11. The largest absolute Gasteiger partial charge is 0.444 e. The molecule has 3 rings (SSSR count). The molecule has 1 amide bonds. The Balaban J connectivity index is 2.17. The molecule has 0 bridgehead atoms. The molecule has 0 unspecified atom stereocenters. The van der Waals surface area contributed by atoms with Crippen LogP contribution in [0.25, 0.3) is 10.9 Å². The van der Waals surface area contributed by atoms with Crippen molar-refractivity contribution in [3.05, 3.63) is 26.7 Å². The lowest BCUT2D eigenvalue weighted by Crippen LogP contribution is -2.69. The fourth-order valence-corrected chi connectivity index (χ4v) is 4.90. The number of amides is 1. The van der Waals surface area contributed by atoms with Gasteiger partial charge in [0.2, 0.25) is 5.28 Å². The molecule has 11 heteroatoms. The number of ether oxygens (including phenoxy) is 1. The molecule has 1 aromatic heterocycles. The van der Waals surface area contributed by atoms with Gasteiger partial charge in [0.15, 0.2) is 5.82 Å². The summed E-state index contributed by atoms with van der Waals surface area (Å²) in [4.78, 5) is 25.3. The molecule has 7 nitrogen and oxygen atoms in total. The summed E-state index contributed by atoms with van der Waals surface area (Å²) in [6.07, 6.45) is -0.426. The molecule has 0 N–H and O–H groups in total. The fraction of sp³-hybridized carbons (Fsp3) is 0.565. The number of anilines is 1. The minimum atomic E-state index is -0.927. The zero-order chi connectivity index (χ0) is 25.6. The fourth-order valence-electron chi connectivity index (χ4n) is 4.24. The van der Waals surface area contributed by atoms with Crippen LogP contribution in [0.5, 0.6) is 0 Å². The third-order valence-electron chi connectivity index (χ3n) is 6.02. The molecule has 2 aromatic rings. The number of fused-ring (bicyclic) bond motifs is 1. The topological polar surface area (TPSA) is 82.3 Å². The van der Waals surface area contributed by atoms with Gasteiger partial charge in [-0.3, -0.25) is 4.90 Å². The second-order valence-corrected chi connectivity index (χ2v) is 11.9. The van der Waals surface area contributed by atoms with Gasteiger partial charge in [0.05, 0.1) is 27.5 Å². The van der Waals surface area contributed by atoms with E-state index in [0.29, 0.717) is 17.7 Å². The molecular formula is C23H27BrCl2FN5O2. The van der Waals surface area contributed by atoms with Crippen LogP contribution in [0.4, 0.5) is 15.0 Å². The number of piperazine rings is 1. The van der Waals surface area contributed by atoms with Crippen LogP contribution in [0.1, 0.15) is 48.0 Å². The summed E-state index contributed by atoms with van der Waals surface area (Å²) in [5, 5.41) is 10.2. The number of rotatable bonds is 2. The van der Waals surface area contributed by atoms with E-state index in [1.807, 2.05) is 25.7 Å². The normalized spacial score (nSPS) is 19.3. The van der Waals surface area contributed by atoms with Crippen LogP contribution in [0.2, 0.25) is 10.3 Å². The molecule has 1 aromatic carbocycles. The monoisotopic (exact) mass is 573 g/mol. The van der Waals surface area contributed by atoms with Crippen LogP contribution < -0.4 is 4.90 Å². The van der Waals surface area contributed by atoms with Crippen molar-refractivity contribution in [2.75, 3.05) is 24.5 Å². The van der Waals surface area contributed by atoms with E-state index in [0.717, 1.165) is 0 Å². The zero-order valence-corrected chi connectivity index (χ0v) is 23.1. The lowest BCUT2D eigenvalue weighted by molar-refractivity contribution is -0.0410. The SMILES string of the molecule is CC(C)(C)OC(=O)N1CCN(c2nc(Cl)nc3c(F)c(Br)c(Cl)cc23)C[C@]1(CC#N)C(C)(C)C. The average Bonchev–Trinajstić information content (AvgIpc) is 2.70. The molecule has 0 radical (unpaired) electrons. The van der Waals surface area contributed by atoms with E-state index in [9.17, 15) is 14.4 Å². The average molecular weight is 575 g/mol. The number of hydrogen-bond acceptors (Lipinski definition) is 6. The first kappa shape index (κ1) is 26.7. The molecule has 184 valence electrons. The number of nitriles is 1. The number of carbonyl (C=O) groups excluding carboxylic acids is 1. The van der Waals surface area contributed by atoms with E-state index in [1.165, 1.54) is 0 Å². The lowest BCUT2D eigenvalue weighted by atomic mass is 9.69. The zero-order valence-electron chi connectivity index (χ0n) is 20.0. The number of nitrogens with zero attached hydrogens (tertiary/aromatic N) is 5. The second-order valence-electron chi connectivity index (χ2n) is 10.4. The van der Waals surface area contributed by atoms with Gasteiger partial charge in [-0.15, -0.1) is 0 Å². The summed E-state index contributed by atoms with van der Waals surface area (Å²) < 4.78 is 20.7. The van der Waals surface area contributed by atoms with Crippen LogP contribution in [0.3, 0.4) is 0 Å². The van der Waals surface area contributed by atoms with Gasteiger partial charge in [-0.1, -0.05) is 32.4 Å². The van der Waals surface area contributed by atoms with Crippen LogP contribution in [-0.2, 0) is 4.74 Å².